The third kappa shape index (κ3) is 6.53. The van der Waals surface area contributed by atoms with Crippen LogP contribution in [0.5, 0.6) is 0 Å². The van der Waals surface area contributed by atoms with Crippen LogP contribution in [0.15, 0.2) is 0 Å². The topological polar surface area (TPSA) is 9.23 Å². The van der Waals surface area contributed by atoms with Crippen LogP contribution in [0.2, 0.25) is 0 Å². The summed E-state index contributed by atoms with van der Waals surface area (Å²) in [5, 5.41) is 0. The second-order valence-corrected chi connectivity index (χ2v) is 8.48. The van der Waals surface area contributed by atoms with Gasteiger partial charge in [-0.15, -0.1) is 0 Å². The molecule has 0 amide bonds. The van der Waals surface area contributed by atoms with Crippen LogP contribution in [-0.2, 0) is 4.74 Å². The van der Waals surface area contributed by atoms with Crippen molar-refractivity contribution in [1.29, 1.82) is 0 Å². The molecule has 136 valence electrons. The minimum Gasteiger partial charge on any atom is -0.308 e. The summed E-state index contributed by atoms with van der Waals surface area (Å²) in [6, 6.07) is 0. The van der Waals surface area contributed by atoms with E-state index in [1.165, 1.54) is 57.6 Å². The average molecular weight is 349 g/mol. The van der Waals surface area contributed by atoms with Gasteiger partial charge in [-0.1, -0.05) is 57.2 Å². The lowest BCUT2D eigenvalue weighted by atomic mass is 9.70. The predicted molar refractivity (Wildman–Crippen MR) is 94.9 cm³/mol. The first kappa shape index (κ1) is 19.5. The molecule has 1 nitrogen and oxygen atoms in total. The molecule has 0 spiro atoms. The molecule has 0 saturated heterocycles. The van der Waals surface area contributed by atoms with Crippen molar-refractivity contribution in [3.63, 3.8) is 0 Å². The molecule has 0 aromatic carbocycles. The Morgan fingerprint density at radius 3 is 2.00 bits per heavy atom. The molecular formula is C19H34F2OS. The van der Waals surface area contributed by atoms with Crippen LogP contribution in [0.3, 0.4) is 0 Å². The van der Waals surface area contributed by atoms with Crippen molar-refractivity contribution in [1.82, 2.24) is 0 Å². The van der Waals surface area contributed by atoms with Gasteiger partial charge in [0.2, 0.25) is 0 Å². The Kier molecular flexibility index (Phi) is 8.14. The summed E-state index contributed by atoms with van der Waals surface area (Å²) in [5.74, 6) is 2.56. The smallest absolute Gasteiger partial charge is 0.308 e. The third-order valence-electron chi connectivity index (χ3n) is 6.03. The summed E-state index contributed by atoms with van der Waals surface area (Å²) in [7, 11) is 0. The molecule has 4 heteroatoms. The molecular weight excluding hydrogens is 314 g/mol. The molecule has 0 heterocycles. The number of alkyl halides is 2. The average Bonchev–Trinajstić information content (AvgIpc) is 2.56. The maximum absolute atomic E-state index is 13.3. The van der Waals surface area contributed by atoms with E-state index < -0.39 is 5.44 Å². The Morgan fingerprint density at radius 1 is 0.913 bits per heavy atom. The molecule has 0 N–H and O–H groups in total. The van der Waals surface area contributed by atoms with Gasteiger partial charge in [0.15, 0.2) is 0 Å². The van der Waals surface area contributed by atoms with Crippen LogP contribution >= 0.6 is 11.8 Å². The molecule has 2 aliphatic carbocycles. The van der Waals surface area contributed by atoms with E-state index in [-0.39, 0.29) is 6.10 Å². The highest BCUT2D eigenvalue weighted by atomic mass is 32.2. The van der Waals surface area contributed by atoms with E-state index in [0.717, 1.165) is 43.4 Å². The first-order valence-electron chi connectivity index (χ1n) is 9.64. The Morgan fingerprint density at radius 2 is 1.48 bits per heavy atom. The molecule has 2 saturated carbocycles. The Hall–Kier alpha value is 0.170. The first-order valence-corrected chi connectivity index (χ1v) is 10.9. The summed E-state index contributed by atoms with van der Waals surface area (Å²) in [6.45, 7) is 2.27. The molecule has 2 rings (SSSR count). The number of halogens is 2. The zero-order chi connectivity index (χ0) is 16.7. The van der Waals surface area contributed by atoms with Gasteiger partial charge in [0.1, 0.15) is 0 Å². The van der Waals surface area contributed by atoms with Gasteiger partial charge in [-0.3, -0.25) is 0 Å². The van der Waals surface area contributed by atoms with E-state index in [4.69, 9.17) is 4.74 Å². The highest BCUT2D eigenvalue weighted by Crippen LogP contribution is 2.42. The van der Waals surface area contributed by atoms with E-state index in [0.29, 0.717) is 11.8 Å². The number of rotatable bonds is 8. The van der Waals surface area contributed by atoms with Gasteiger partial charge in [-0.25, -0.2) is 0 Å². The summed E-state index contributed by atoms with van der Waals surface area (Å²) >= 11 is 0.502. The van der Waals surface area contributed by atoms with Crippen LogP contribution < -0.4 is 0 Å². The lowest BCUT2D eigenvalue weighted by Gasteiger charge is -2.38. The fourth-order valence-electron chi connectivity index (χ4n) is 4.55. The van der Waals surface area contributed by atoms with E-state index >= 15 is 0 Å². The van der Waals surface area contributed by atoms with Gasteiger partial charge in [0, 0.05) is 0 Å². The molecule has 0 bridgehead atoms. The maximum atomic E-state index is 13.3. The van der Waals surface area contributed by atoms with E-state index in [9.17, 15) is 8.78 Å². The van der Waals surface area contributed by atoms with Gasteiger partial charge in [0.05, 0.1) is 6.10 Å². The Balaban J connectivity index is 1.65. The number of hydrogen-bond acceptors (Lipinski definition) is 2. The van der Waals surface area contributed by atoms with Crippen molar-refractivity contribution in [3.8, 4) is 0 Å². The fraction of sp³-hybridized carbons (Fsp3) is 1.00. The van der Waals surface area contributed by atoms with Gasteiger partial charge < -0.3 is 4.74 Å². The van der Waals surface area contributed by atoms with E-state index in [1.807, 2.05) is 0 Å². The van der Waals surface area contributed by atoms with Crippen molar-refractivity contribution >= 4 is 11.8 Å². The molecule has 0 aromatic heterocycles. The minimum absolute atomic E-state index is 0.237. The van der Waals surface area contributed by atoms with E-state index in [1.54, 1.807) is 0 Å². The zero-order valence-corrected chi connectivity index (χ0v) is 15.7. The van der Waals surface area contributed by atoms with E-state index in [2.05, 4.69) is 6.92 Å². The first-order chi connectivity index (χ1) is 11.0. The summed E-state index contributed by atoms with van der Waals surface area (Å²) in [4.78, 5) is 0. The quantitative estimate of drug-likeness (QED) is 0.350. The lowest BCUT2D eigenvalue weighted by molar-refractivity contribution is -0.201. The number of thioether (sulfide) groups is 1. The normalized spacial score (nSPS) is 32.9. The molecule has 2 aliphatic rings. The summed E-state index contributed by atoms with van der Waals surface area (Å²) in [5.41, 5.74) is -3.01. The zero-order valence-electron chi connectivity index (χ0n) is 14.9. The highest BCUT2D eigenvalue weighted by Gasteiger charge is 2.36. The minimum atomic E-state index is -3.01. The maximum Gasteiger partial charge on any atom is 0.407 e. The van der Waals surface area contributed by atoms with Crippen molar-refractivity contribution in [3.05, 3.63) is 0 Å². The monoisotopic (exact) mass is 348 g/mol. The molecule has 0 aliphatic heterocycles. The standard InChI is InChI=1S/C19H34F2OS/c1-3-4-5-6-15-7-9-16(10-8-15)17-11-13-18(14-12-17)22-19(20,21)23-2/h15-18H,3-14H2,1-2H3. The van der Waals surface area contributed by atoms with Crippen molar-refractivity contribution in [2.75, 3.05) is 6.26 Å². The van der Waals surface area contributed by atoms with Gasteiger partial charge >= 0.3 is 5.44 Å². The predicted octanol–water partition coefficient (Wildman–Crippen LogP) is 6.86. The Labute approximate surface area is 145 Å². The molecule has 23 heavy (non-hydrogen) atoms. The molecule has 0 aromatic rings. The molecule has 0 atom stereocenters. The lowest BCUT2D eigenvalue weighted by Crippen LogP contribution is -2.32. The molecule has 0 unspecified atom stereocenters. The largest absolute Gasteiger partial charge is 0.407 e. The number of ether oxygens (including phenoxy) is 1. The second-order valence-electron chi connectivity index (χ2n) is 7.60. The van der Waals surface area contributed by atoms with Crippen LogP contribution in [0, 0.1) is 17.8 Å². The second kappa shape index (κ2) is 9.60. The van der Waals surface area contributed by atoms with Crippen LogP contribution in [0.4, 0.5) is 8.78 Å². The van der Waals surface area contributed by atoms with Crippen molar-refractivity contribution in [2.45, 2.75) is 95.5 Å². The molecule has 2 fully saturated rings. The van der Waals surface area contributed by atoms with Crippen LogP contribution in [0.25, 0.3) is 0 Å². The number of unbranched alkanes of at least 4 members (excludes halogenated alkanes) is 2. The highest BCUT2D eigenvalue weighted by molar-refractivity contribution is 7.99. The van der Waals surface area contributed by atoms with Crippen molar-refractivity contribution < 1.29 is 13.5 Å². The van der Waals surface area contributed by atoms with Gasteiger partial charge in [-0.05, 0) is 62.5 Å². The van der Waals surface area contributed by atoms with Crippen molar-refractivity contribution in [2.24, 2.45) is 17.8 Å². The Bertz CT molecular complexity index is 321. The SMILES string of the molecule is CCCCCC1CCC(C2CCC(OC(F)(F)SC)CC2)CC1. The van der Waals surface area contributed by atoms with Crippen LogP contribution in [-0.4, -0.2) is 17.8 Å². The van der Waals surface area contributed by atoms with Gasteiger partial charge in [0.25, 0.3) is 0 Å². The molecule has 0 radical (unpaired) electrons. The van der Waals surface area contributed by atoms with Gasteiger partial charge in [-0.2, -0.15) is 8.78 Å². The number of hydrogen-bond donors (Lipinski definition) is 0. The summed E-state index contributed by atoms with van der Waals surface area (Å²) < 4.78 is 31.6. The summed E-state index contributed by atoms with van der Waals surface area (Å²) in [6.07, 6.45) is 16.0. The van der Waals surface area contributed by atoms with Crippen LogP contribution in [0.1, 0.15) is 84.0 Å². The fourth-order valence-corrected chi connectivity index (χ4v) is 4.78. The third-order valence-corrected chi connectivity index (χ3v) is 6.61.